The molecular weight excluding hydrogens is 1840 g/mol. The molecule has 0 bridgehead atoms. The first kappa shape index (κ1) is 119. The van der Waals surface area contributed by atoms with Crippen molar-refractivity contribution in [2.45, 2.75) is 247 Å². The van der Waals surface area contributed by atoms with E-state index in [0.29, 0.717) is 12.8 Å². The molecule has 0 aliphatic carbocycles. The lowest BCUT2D eigenvalue weighted by Gasteiger charge is -2.27. The lowest BCUT2D eigenvalue weighted by atomic mass is 9.98. The van der Waals surface area contributed by atoms with Gasteiger partial charge in [0.1, 0.15) is 84.6 Å². The number of nitrogens with zero attached hydrogens (tertiary/aromatic N) is 2. The van der Waals surface area contributed by atoms with Gasteiger partial charge in [0.25, 0.3) is 0 Å². The molecule has 0 aromatic heterocycles. The van der Waals surface area contributed by atoms with Crippen LogP contribution in [0, 0.1) is 5.92 Å². The highest BCUT2D eigenvalue weighted by molar-refractivity contribution is 6.03. The largest absolute Gasteiger partial charge is 0.481 e. The zero-order valence-electron chi connectivity index (χ0n) is 76.2. The quantitative estimate of drug-likeness (QED) is 0.0251. The SMILES string of the molecule is CC[C@H](C)[C@H](NC(=O)CNC(=O)[C@H](CC(=O)O)NC(=O)[C@H](CCC(=O)O)NC(=O)CN)C(=O)N[C@@H](C)C(=O)NCC(=O)N[C@@H](CC(N)=O)C(=O)N[C@@H](CCCCN)C(=O)NCC(=O)N[C@@H](CC(=O)O)C(=O)N[C@@H](CCC(N)=O)C(=O)NCC(=O)N1CCC[C@H]1C(=O)N[C@@H](CCCCN)C(=O)NCC(=O)N[C@@H](CCC(=O)O)C(=O)N[C@@H](CC(=O)O)C(=O)NCC(=O)N1CCC[C@H]1C(=O)N[C@@H](C)C(=O)O. The van der Waals surface area contributed by atoms with Gasteiger partial charge < -0.3 is 165 Å². The van der Waals surface area contributed by atoms with Gasteiger partial charge in [0, 0.05) is 32.4 Å². The summed E-state index contributed by atoms with van der Waals surface area (Å²) in [5.41, 5.74) is 27.4. The van der Waals surface area contributed by atoms with E-state index < -0.39 is 366 Å². The Morgan fingerprint density at radius 2 is 0.630 bits per heavy atom. The smallest absolute Gasteiger partial charge is 0.325 e. The van der Waals surface area contributed by atoms with Gasteiger partial charge in [-0.15, -0.1) is 0 Å². The Labute approximate surface area is 787 Å². The zero-order chi connectivity index (χ0) is 104. The minimum atomic E-state index is -2.09. The molecule has 0 aromatic rings. The van der Waals surface area contributed by atoms with Crippen LogP contribution in [0.15, 0.2) is 0 Å². The predicted octanol–water partition coefficient (Wildman–Crippen LogP) is -14.8. The van der Waals surface area contributed by atoms with Crippen LogP contribution in [-0.4, -0.2) is 363 Å². The molecular formula is C79H125N25O34. The Bertz CT molecular complexity index is 4420. The van der Waals surface area contributed by atoms with Crippen LogP contribution in [0.2, 0.25) is 0 Å². The molecule has 2 fully saturated rings. The van der Waals surface area contributed by atoms with E-state index in [1.165, 1.54) is 13.8 Å². The second-order valence-corrected chi connectivity index (χ2v) is 31.9. The molecule has 770 valence electrons. The number of aliphatic carboxylic acids is 6. The number of carboxylic acid groups (broad SMARTS) is 6. The van der Waals surface area contributed by atoms with Crippen molar-refractivity contribution in [2.75, 3.05) is 72.0 Å². The van der Waals surface area contributed by atoms with Gasteiger partial charge >= 0.3 is 35.8 Å². The number of carbonyl (C=O) groups is 28. The number of carboxylic acids is 6. The minimum absolute atomic E-state index is 0.0191. The number of primary amides is 2. The lowest BCUT2D eigenvalue weighted by molar-refractivity contribution is -0.143. The first-order valence-electron chi connectivity index (χ1n) is 43.7. The van der Waals surface area contributed by atoms with Crippen LogP contribution in [0.3, 0.4) is 0 Å². The van der Waals surface area contributed by atoms with Gasteiger partial charge in [0.2, 0.25) is 130 Å². The summed E-state index contributed by atoms with van der Waals surface area (Å²) in [6.45, 7) is -0.785. The number of carbonyl (C=O) groups excluding carboxylic acids is 22. The topological polar surface area (TPSA) is 952 Å². The number of likely N-dealkylation sites (tertiary alicyclic amines) is 2. The third kappa shape index (κ3) is 45.4. The molecule has 2 aliphatic rings. The number of nitrogens with two attached hydrogens (primary N) is 5. The van der Waals surface area contributed by atoms with Crippen molar-refractivity contribution >= 4 is 166 Å². The second-order valence-electron chi connectivity index (χ2n) is 31.9. The van der Waals surface area contributed by atoms with Crippen molar-refractivity contribution in [3.8, 4) is 0 Å². The molecule has 0 unspecified atom stereocenters. The summed E-state index contributed by atoms with van der Waals surface area (Å²) in [5, 5.41) is 96.5. The molecule has 2 aliphatic heterocycles. The van der Waals surface area contributed by atoms with Crippen molar-refractivity contribution < 1.29 is 165 Å². The van der Waals surface area contributed by atoms with Crippen molar-refractivity contribution in [3.63, 3.8) is 0 Å². The molecule has 2 heterocycles. The Kier molecular flexibility index (Phi) is 53.4. The van der Waals surface area contributed by atoms with Crippen molar-refractivity contribution in [2.24, 2.45) is 34.6 Å². The lowest BCUT2D eigenvalue weighted by Crippen LogP contribution is -2.58. The molecule has 0 saturated carbocycles. The molecule has 2 saturated heterocycles. The van der Waals surface area contributed by atoms with Gasteiger partial charge in [-0.2, -0.15) is 0 Å². The summed E-state index contributed by atoms with van der Waals surface area (Å²) in [5.74, 6) is -34.1. The molecule has 59 nitrogen and oxygen atoms in total. The molecule has 15 atom stereocenters. The monoisotopic (exact) mass is 1970 g/mol. The highest BCUT2D eigenvalue weighted by atomic mass is 16.4. The van der Waals surface area contributed by atoms with Crippen LogP contribution in [0.1, 0.15) is 163 Å². The summed E-state index contributed by atoms with van der Waals surface area (Å²) in [4.78, 5) is 365. The zero-order valence-corrected chi connectivity index (χ0v) is 76.2. The van der Waals surface area contributed by atoms with Crippen LogP contribution >= 0.6 is 0 Å². The Morgan fingerprint density at radius 1 is 0.312 bits per heavy atom. The first-order chi connectivity index (χ1) is 64.9. The molecule has 0 aromatic carbocycles. The van der Waals surface area contributed by atoms with Gasteiger partial charge in [-0.3, -0.25) is 134 Å². The molecule has 2 rings (SSSR count). The second kappa shape index (κ2) is 61.8. The molecule has 0 spiro atoms. The molecule has 59 heteroatoms. The van der Waals surface area contributed by atoms with E-state index in [1.807, 2.05) is 0 Å². The van der Waals surface area contributed by atoms with Crippen LogP contribution < -0.4 is 124 Å². The van der Waals surface area contributed by atoms with Gasteiger partial charge in [0.05, 0.1) is 71.5 Å². The highest BCUT2D eigenvalue weighted by Crippen LogP contribution is 2.21. The normalized spacial score (nSPS) is 15.8. The third-order valence-electron chi connectivity index (χ3n) is 20.9. The summed E-state index contributed by atoms with van der Waals surface area (Å²) in [6.07, 6.45) is -6.98. The van der Waals surface area contributed by atoms with Gasteiger partial charge in [-0.1, -0.05) is 20.3 Å². The van der Waals surface area contributed by atoms with Crippen molar-refractivity contribution in [3.05, 3.63) is 0 Å². The number of hydrogen-bond donors (Lipinski definition) is 29. The summed E-state index contributed by atoms with van der Waals surface area (Å²) in [6, 6.07) is -22.9. The standard InChI is InChI=1S/C79H125N25O34/c1-5-37(2)65(102-57(111)34-88-70(128)46(27-62(118)119)100-72(130)43(17-20-60(114)115)93-53(107)30-82)78(136)91-38(3)66(124)85-31-55(109)95-45(26-52(84)106)74(132)97-40(12-6-8-22-80)67(125)87-33-56(110)96-48(29-64(122)123)75(133)98-42(16-19-51(83)105)69(127)89-35-58(112)104-25-11-15-50(104)77(135)99-41(13-7-9-23-81)68(126)86-32-54(108)94-44(18-21-61(116)117)73(131)101-47(28-63(120)121)71(129)90-36-59(113)103-24-10-14-49(103)76(134)92-39(4)79(137)138/h37-50,65H,5-36,80-82H2,1-4H3,(H2,83,105)(H2,84,106)(H,85,124)(H,86,126)(H,87,125)(H,88,128)(H,89,127)(H,90,129)(H,91,136)(H,92,134)(H,93,107)(H,94,108)(H,95,109)(H,96,110)(H,97,132)(H,98,133)(H,99,135)(H,100,130)(H,101,131)(H,102,111)(H,114,115)(H,116,117)(H,118,119)(H,120,121)(H,122,123)(H,137,138)/t37-,38-,39-,40-,41-,42-,43-,44-,45-,46-,47-,48-,49-,50-,65-/m0/s1. The third-order valence-corrected chi connectivity index (χ3v) is 20.9. The number of rotatable bonds is 66. The first-order valence-corrected chi connectivity index (χ1v) is 43.7. The molecule has 22 amide bonds. The predicted molar refractivity (Wildman–Crippen MR) is 467 cm³/mol. The maximum absolute atomic E-state index is 14.0. The maximum atomic E-state index is 14.0. The summed E-state index contributed by atoms with van der Waals surface area (Å²) < 4.78 is 0. The van der Waals surface area contributed by atoms with Gasteiger partial charge in [-0.25, -0.2) is 0 Å². The van der Waals surface area contributed by atoms with E-state index in [9.17, 15) is 160 Å². The van der Waals surface area contributed by atoms with Gasteiger partial charge in [0.15, 0.2) is 0 Å². The highest BCUT2D eigenvalue weighted by Gasteiger charge is 2.41. The van der Waals surface area contributed by atoms with E-state index in [4.69, 9.17) is 33.8 Å². The van der Waals surface area contributed by atoms with Gasteiger partial charge in [-0.05, 0) is 116 Å². The average molecular weight is 1970 g/mol. The van der Waals surface area contributed by atoms with Crippen LogP contribution in [-0.2, 0) is 134 Å². The van der Waals surface area contributed by atoms with E-state index in [1.54, 1.807) is 6.92 Å². The van der Waals surface area contributed by atoms with E-state index >= 15 is 0 Å². The Hall–Kier alpha value is -15.0. The maximum Gasteiger partial charge on any atom is 0.325 e. The fourth-order valence-electron chi connectivity index (χ4n) is 13.4. The number of nitrogens with one attached hydrogen (secondary N) is 18. The van der Waals surface area contributed by atoms with Crippen molar-refractivity contribution in [1.82, 2.24) is 106 Å². The fourth-order valence-corrected chi connectivity index (χ4v) is 13.4. The van der Waals surface area contributed by atoms with E-state index in [2.05, 4.69) is 95.7 Å². The molecule has 34 N–H and O–H groups in total. The summed E-state index contributed by atoms with van der Waals surface area (Å²) in [7, 11) is 0. The Morgan fingerprint density at radius 3 is 1.00 bits per heavy atom. The minimum Gasteiger partial charge on any atom is -0.481 e. The number of hydrogen-bond acceptors (Lipinski definition) is 31. The molecule has 138 heavy (non-hydrogen) atoms. The average Bonchev–Trinajstić information content (AvgIpc) is 1.71. The van der Waals surface area contributed by atoms with E-state index in [0.717, 1.165) is 16.7 Å². The van der Waals surface area contributed by atoms with Crippen LogP contribution in [0.4, 0.5) is 0 Å². The molecule has 0 radical (unpaired) electrons. The summed E-state index contributed by atoms with van der Waals surface area (Å²) >= 11 is 0. The number of amides is 22. The fraction of sp³-hybridized carbons (Fsp3) is 0.646. The van der Waals surface area contributed by atoms with Crippen LogP contribution in [0.25, 0.3) is 0 Å². The number of unbranched alkanes of at least 4 members (excludes halogenated alkanes) is 2. The van der Waals surface area contributed by atoms with Crippen molar-refractivity contribution in [1.29, 1.82) is 0 Å². The Balaban J connectivity index is 2.19. The van der Waals surface area contributed by atoms with E-state index in [-0.39, 0.29) is 84.0 Å². The van der Waals surface area contributed by atoms with Crippen LogP contribution in [0.5, 0.6) is 0 Å².